The van der Waals surface area contributed by atoms with Gasteiger partial charge in [-0.2, -0.15) is 0 Å². The monoisotopic (exact) mass is 257 g/mol. The van der Waals surface area contributed by atoms with Gasteiger partial charge in [-0.05, 0) is 12.1 Å². The third-order valence-electron chi connectivity index (χ3n) is 2.19. The molecule has 1 aromatic heterocycles. The Morgan fingerprint density at radius 3 is 2.81 bits per heavy atom. The molecule has 3 N–H and O–H groups in total. The molecule has 0 saturated heterocycles. The van der Waals surface area contributed by atoms with Gasteiger partial charge in [0.25, 0.3) is 0 Å². The van der Waals surface area contributed by atoms with E-state index in [0.717, 1.165) is 21.6 Å². The summed E-state index contributed by atoms with van der Waals surface area (Å²) in [4.78, 5) is 4.26. The molecule has 0 amide bonds. The molecule has 0 fully saturated rings. The molecule has 2 aromatic rings. The lowest BCUT2D eigenvalue weighted by molar-refractivity contribution is 1.02. The lowest BCUT2D eigenvalue weighted by Crippen LogP contribution is -2.13. The van der Waals surface area contributed by atoms with E-state index in [0.29, 0.717) is 13.1 Å². The van der Waals surface area contributed by atoms with Gasteiger partial charge in [0.15, 0.2) is 0 Å². The zero-order valence-electron chi connectivity index (χ0n) is 8.61. The quantitative estimate of drug-likeness (QED) is 0.889. The van der Waals surface area contributed by atoms with Crippen LogP contribution in [-0.4, -0.2) is 18.1 Å². The second kappa shape index (κ2) is 5.89. The summed E-state index contributed by atoms with van der Waals surface area (Å²) in [6, 6.07) is 7.69. The van der Waals surface area contributed by atoms with E-state index in [2.05, 4.69) is 10.3 Å². The van der Waals surface area contributed by atoms with Gasteiger partial charge in [0.1, 0.15) is 5.82 Å². The Kier molecular flexibility index (Phi) is 4.80. The van der Waals surface area contributed by atoms with Gasteiger partial charge in [-0.1, -0.05) is 23.7 Å². The van der Waals surface area contributed by atoms with Crippen molar-refractivity contribution in [1.29, 1.82) is 0 Å². The molecule has 0 spiro atoms. The average Bonchev–Trinajstić information content (AvgIpc) is 2.27. The number of nitrogens with one attached hydrogen (secondary N) is 1. The SMILES string of the molecule is Cl.NCCNc1nccc2c(Cl)cccc12. The standard InChI is InChI=1S/C11H12ClN3.ClH/c12-10-3-1-2-9-8(10)4-6-14-11(9)15-7-5-13;/h1-4,6H,5,7,13H2,(H,14,15);1H. The number of benzene rings is 1. The summed E-state index contributed by atoms with van der Waals surface area (Å²) in [5.41, 5.74) is 5.43. The van der Waals surface area contributed by atoms with Crippen LogP contribution < -0.4 is 11.1 Å². The minimum Gasteiger partial charge on any atom is -0.368 e. The lowest BCUT2D eigenvalue weighted by atomic mass is 10.1. The highest BCUT2D eigenvalue weighted by Crippen LogP contribution is 2.26. The number of rotatable bonds is 3. The van der Waals surface area contributed by atoms with Crippen LogP contribution in [0.15, 0.2) is 30.5 Å². The fraction of sp³-hybridized carbons (Fsp3) is 0.182. The van der Waals surface area contributed by atoms with Crippen LogP contribution in [0.2, 0.25) is 5.02 Å². The molecule has 0 aliphatic rings. The first kappa shape index (κ1) is 13.0. The topological polar surface area (TPSA) is 50.9 Å². The largest absolute Gasteiger partial charge is 0.368 e. The molecule has 16 heavy (non-hydrogen) atoms. The van der Waals surface area contributed by atoms with Crippen LogP contribution in [0.25, 0.3) is 10.8 Å². The van der Waals surface area contributed by atoms with Crippen molar-refractivity contribution in [3.8, 4) is 0 Å². The van der Waals surface area contributed by atoms with Gasteiger partial charge in [-0.3, -0.25) is 0 Å². The van der Waals surface area contributed by atoms with Gasteiger partial charge in [0, 0.05) is 35.1 Å². The molecule has 0 unspecified atom stereocenters. The van der Waals surface area contributed by atoms with Crippen molar-refractivity contribution >= 4 is 40.6 Å². The van der Waals surface area contributed by atoms with Crippen molar-refractivity contribution < 1.29 is 0 Å². The molecular weight excluding hydrogens is 245 g/mol. The molecular formula is C11H13Cl2N3. The molecule has 0 bridgehead atoms. The molecule has 0 saturated carbocycles. The highest BCUT2D eigenvalue weighted by Gasteiger charge is 2.03. The third-order valence-corrected chi connectivity index (χ3v) is 2.52. The minimum absolute atomic E-state index is 0. The molecule has 86 valence electrons. The van der Waals surface area contributed by atoms with Gasteiger partial charge < -0.3 is 11.1 Å². The normalized spacial score (nSPS) is 9.88. The summed E-state index contributed by atoms with van der Waals surface area (Å²) in [5, 5.41) is 5.95. The fourth-order valence-electron chi connectivity index (χ4n) is 1.50. The van der Waals surface area contributed by atoms with E-state index < -0.39 is 0 Å². The molecule has 1 heterocycles. The van der Waals surface area contributed by atoms with E-state index in [4.69, 9.17) is 17.3 Å². The first-order chi connectivity index (χ1) is 7.33. The maximum Gasteiger partial charge on any atom is 0.133 e. The van der Waals surface area contributed by atoms with E-state index in [-0.39, 0.29) is 12.4 Å². The number of hydrogen-bond donors (Lipinski definition) is 2. The highest BCUT2D eigenvalue weighted by molar-refractivity contribution is 6.35. The smallest absolute Gasteiger partial charge is 0.133 e. The number of anilines is 1. The third kappa shape index (κ3) is 2.55. The van der Waals surface area contributed by atoms with Crippen LogP contribution in [-0.2, 0) is 0 Å². The number of nitrogens with two attached hydrogens (primary N) is 1. The molecule has 5 heteroatoms. The highest BCUT2D eigenvalue weighted by atomic mass is 35.5. The zero-order chi connectivity index (χ0) is 10.7. The Hall–Kier alpha value is -1.03. The Labute approximate surface area is 105 Å². The Balaban J connectivity index is 0.00000128. The van der Waals surface area contributed by atoms with Crippen LogP contribution >= 0.6 is 24.0 Å². The number of halogens is 2. The number of nitrogens with zero attached hydrogens (tertiary/aromatic N) is 1. The van der Waals surface area contributed by atoms with E-state index in [9.17, 15) is 0 Å². The summed E-state index contributed by atoms with van der Waals surface area (Å²) in [6.45, 7) is 1.29. The van der Waals surface area contributed by atoms with Gasteiger partial charge >= 0.3 is 0 Å². The van der Waals surface area contributed by atoms with Gasteiger partial charge in [-0.15, -0.1) is 12.4 Å². The first-order valence-corrected chi connectivity index (χ1v) is 5.18. The van der Waals surface area contributed by atoms with E-state index >= 15 is 0 Å². The summed E-state index contributed by atoms with van der Waals surface area (Å²) >= 11 is 6.08. The average molecular weight is 258 g/mol. The van der Waals surface area contributed by atoms with Crippen molar-refractivity contribution in [3.63, 3.8) is 0 Å². The lowest BCUT2D eigenvalue weighted by Gasteiger charge is -2.07. The van der Waals surface area contributed by atoms with Gasteiger partial charge in [-0.25, -0.2) is 4.98 Å². The Bertz CT molecular complexity index is 474. The fourth-order valence-corrected chi connectivity index (χ4v) is 1.74. The summed E-state index contributed by atoms with van der Waals surface area (Å²) in [5.74, 6) is 0.834. The summed E-state index contributed by atoms with van der Waals surface area (Å²) < 4.78 is 0. The number of pyridine rings is 1. The van der Waals surface area contributed by atoms with Crippen molar-refractivity contribution in [2.24, 2.45) is 5.73 Å². The van der Waals surface area contributed by atoms with Crippen molar-refractivity contribution in [2.75, 3.05) is 18.4 Å². The van der Waals surface area contributed by atoms with Crippen LogP contribution in [0, 0.1) is 0 Å². The van der Waals surface area contributed by atoms with Crippen molar-refractivity contribution in [3.05, 3.63) is 35.5 Å². The maximum atomic E-state index is 6.08. The predicted octanol–water partition coefficient (Wildman–Crippen LogP) is 2.68. The second-order valence-corrected chi connectivity index (χ2v) is 3.62. The molecule has 2 rings (SSSR count). The molecule has 0 radical (unpaired) electrons. The van der Waals surface area contributed by atoms with Crippen LogP contribution in [0.4, 0.5) is 5.82 Å². The second-order valence-electron chi connectivity index (χ2n) is 3.21. The minimum atomic E-state index is 0. The molecule has 3 nitrogen and oxygen atoms in total. The zero-order valence-corrected chi connectivity index (χ0v) is 10.2. The van der Waals surface area contributed by atoms with E-state index in [1.54, 1.807) is 6.20 Å². The number of fused-ring (bicyclic) bond motifs is 1. The van der Waals surface area contributed by atoms with Crippen molar-refractivity contribution in [2.45, 2.75) is 0 Å². The Morgan fingerprint density at radius 2 is 2.06 bits per heavy atom. The number of hydrogen-bond acceptors (Lipinski definition) is 3. The molecule has 0 aliphatic heterocycles. The first-order valence-electron chi connectivity index (χ1n) is 4.80. The van der Waals surface area contributed by atoms with E-state index in [1.807, 2.05) is 24.3 Å². The molecule has 0 aliphatic carbocycles. The van der Waals surface area contributed by atoms with E-state index in [1.165, 1.54) is 0 Å². The van der Waals surface area contributed by atoms with Gasteiger partial charge in [0.2, 0.25) is 0 Å². The summed E-state index contributed by atoms with van der Waals surface area (Å²) in [7, 11) is 0. The van der Waals surface area contributed by atoms with Crippen molar-refractivity contribution in [1.82, 2.24) is 4.98 Å². The maximum absolute atomic E-state index is 6.08. The molecule has 1 aromatic carbocycles. The summed E-state index contributed by atoms with van der Waals surface area (Å²) in [6.07, 6.45) is 1.74. The van der Waals surface area contributed by atoms with Crippen LogP contribution in [0.3, 0.4) is 0 Å². The Morgan fingerprint density at radius 1 is 1.25 bits per heavy atom. The molecule has 0 atom stereocenters. The predicted molar refractivity (Wildman–Crippen MR) is 71.5 cm³/mol. The van der Waals surface area contributed by atoms with Gasteiger partial charge in [0.05, 0.1) is 0 Å². The number of aromatic nitrogens is 1. The van der Waals surface area contributed by atoms with Crippen LogP contribution in [0.5, 0.6) is 0 Å². The van der Waals surface area contributed by atoms with Crippen LogP contribution in [0.1, 0.15) is 0 Å².